The molecule has 0 radical (unpaired) electrons. The van der Waals surface area contributed by atoms with Crippen LogP contribution in [0, 0.1) is 0 Å². The highest BCUT2D eigenvalue weighted by molar-refractivity contribution is 5.82. The molecule has 0 aliphatic rings. The smallest absolute Gasteiger partial charge is 0.316 e. The van der Waals surface area contributed by atoms with Crippen molar-refractivity contribution in [2.45, 2.75) is 45.7 Å². The van der Waals surface area contributed by atoms with Gasteiger partial charge in [-0.05, 0) is 27.2 Å². The highest BCUT2D eigenvalue weighted by Crippen LogP contribution is 2.06. The third-order valence-electron chi connectivity index (χ3n) is 3.00. The molecule has 0 aromatic heterocycles. The van der Waals surface area contributed by atoms with Crippen molar-refractivity contribution in [2.24, 2.45) is 0 Å². The van der Waals surface area contributed by atoms with E-state index < -0.39 is 0 Å². The lowest BCUT2D eigenvalue weighted by molar-refractivity contribution is -0.124. The fourth-order valence-electron chi connectivity index (χ4n) is 1.24. The predicted octanol–water partition coefficient (Wildman–Crippen LogP) is 0.541. The van der Waals surface area contributed by atoms with Crippen LogP contribution in [0.1, 0.15) is 34.1 Å². The molecule has 0 rings (SSSR count). The van der Waals surface area contributed by atoms with E-state index >= 15 is 0 Å². The second-order valence-electron chi connectivity index (χ2n) is 5.53. The van der Waals surface area contributed by atoms with E-state index in [1.165, 1.54) is 4.90 Å². The minimum absolute atomic E-state index is 0.0224. The summed E-state index contributed by atoms with van der Waals surface area (Å²) in [7, 11) is 3.37. The van der Waals surface area contributed by atoms with Gasteiger partial charge in [-0.3, -0.25) is 4.79 Å². The molecule has 6 heteroatoms. The van der Waals surface area contributed by atoms with Crippen LogP contribution in [0.3, 0.4) is 0 Å². The first-order valence-electron chi connectivity index (χ1n) is 6.70. The lowest BCUT2D eigenvalue weighted by Gasteiger charge is -2.26. The topological polar surface area (TPSA) is 73.5 Å². The molecule has 112 valence electrons. The monoisotopic (exact) mass is 272 g/mol. The standard InChI is InChI=1S/C13H28N4O2/c1-7-13(3,4)16-11(18)10(2)14-8-9-15-12(19)17(5)6/h10,14H,7-9H2,1-6H3,(H,15,19)(H,16,18). The van der Waals surface area contributed by atoms with Gasteiger partial charge < -0.3 is 20.9 Å². The van der Waals surface area contributed by atoms with E-state index in [2.05, 4.69) is 16.0 Å². The Kier molecular flexibility index (Phi) is 7.44. The normalized spacial score (nSPS) is 12.7. The number of urea groups is 1. The van der Waals surface area contributed by atoms with Crippen LogP contribution in [0.2, 0.25) is 0 Å². The Hall–Kier alpha value is -1.30. The Morgan fingerprint density at radius 3 is 2.26 bits per heavy atom. The number of hydrogen-bond acceptors (Lipinski definition) is 3. The first kappa shape index (κ1) is 17.7. The van der Waals surface area contributed by atoms with Crippen LogP contribution in [0.25, 0.3) is 0 Å². The van der Waals surface area contributed by atoms with E-state index in [0.29, 0.717) is 13.1 Å². The van der Waals surface area contributed by atoms with Gasteiger partial charge in [-0.2, -0.15) is 0 Å². The Labute approximate surface area is 116 Å². The minimum atomic E-state index is -0.276. The number of rotatable bonds is 7. The third-order valence-corrected chi connectivity index (χ3v) is 3.00. The predicted molar refractivity (Wildman–Crippen MR) is 77.1 cm³/mol. The number of carbonyl (C=O) groups excluding carboxylic acids is 2. The van der Waals surface area contributed by atoms with E-state index in [0.717, 1.165) is 6.42 Å². The summed E-state index contributed by atoms with van der Waals surface area (Å²) >= 11 is 0. The quantitative estimate of drug-likeness (QED) is 0.592. The molecule has 0 heterocycles. The Balaban J connectivity index is 3.89. The molecular weight excluding hydrogens is 244 g/mol. The Bertz CT molecular complexity index is 303. The molecule has 0 saturated carbocycles. The van der Waals surface area contributed by atoms with Crippen LogP contribution in [0.15, 0.2) is 0 Å². The highest BCUT2D eigenvalue weighted by atomic mass is 16.2. The molecule has 0 saturated heterocycles. The van der Waals surface area contributed by atoms with Crippen molar-refractivity contribution in [1.29, 1.82) is 0 Å². The van der Waals surface area contributed by atoms with Gasteiger partial charge >= 0.3 is 6.03 Å². The lowest BCUT2D eigenvalue weighted by Crippen LogP contribution is -2.51. The molecule has 6 nitrogen and oxygen atoms in total. The van der Waals surface area contributed by atoms with Gasteiger partial charge in [0.15, 0.2) is 0 Å². The average Bonchev–Trinajstić information content (AvgIpc) is 2.33. The van der Waals surface area contributed by atoms with Gasteiger partial charge in [0.2, 0.25) is 5.91 Å². The van der Waals surface area contributed by atoms with E-state index in [9.17, 15) is 9.59 Å². The number of hydrogen-bond donors (Lipinski definition) is 3. The highest BCUT2D eigenvalue weighted by Gasteiger charge is 2.21. The fraction of sp³-hybridized carbons (Fsp3) is 0.846. The second-order valence-corrected chi connectivity index (χ2v) is 5.53. The zero-order chi connectivity index (χ0) is 15.1. The van der Waals surface area contributed by atoms with Crippen LogP contribution in [0.5, 0.6) is 0 Å². The maximum atomic E-state index is 11.9. The summed E-state index contributed by atoms with van der Waals surface area (Å²) in [5, 5.41) is 8.78. The molecule has 1 atom stereocenters. The summed E-state index contributed by atoms with van der Waals surface area (Å²) in [5.41, 5.74) is -0.188. The van der Waals surface area contributed by atoms with Gasteiger partial charge in [-0.25, -0.2) is 4.79 Å². The zero-order valence-corrected chi connectivity index (χ0v) is 13.0. The molecule has 0 aromatic rings. The Morgan fingerprint density at radius 1 is 1.21 bits per heavy atom. The summed E-state index contributed by atoms with van der Waals surface area (Å²) in [6.07, 6.45) is 0.879. The fourth-order valence-corrected chi connectivity index (χ4v) is 1.24. The van der Waals surface area contributed by atoms with Crippen LogP contribution in [0.4, 0.5) is 4.79 Å². The van der Waals surface area contributed by atoms with Gasteiger partial charge in [0, 0.05) is 32.7 Å². The second kappa shape index (κ2) is 7.99. The molecule has 3 amide bonds. The third kappa shape index (κ3) is 7.66. The van der Waals surface area contributed by atoms with Crippen molar-refractivity contribution in [3.05, 3.63) is 0 Å². The molecule has 3 N–H and O–H groups in total. The SMILES string of the molecule is CCC(C)(C)NC(=O)C(C)NCCNC(=O)N(C)C. The van der Waals surface area contributed by atoms with Crippen molar-refractivity contribution < 1.29 is 9.59 Å². The number of nitrogens with zero attached hydrogens (tertiary/aromatic N) is 1. The number of amides is 3. The molecule has 0 fully saturated rings. The zero-order valence-electron chi connectivity index (χ0n) is 13.0. The van der Waals surface area contributed by atoms with Crippen molar-refractivity contribution >= 4 is 11.9 Å². The van der Waals surface area contributed by atoms with Crippen molar-refractivity contribution in [2.75, 3.05) is 27.2 Å². The van der Waals surface area contributed by atoms with Crippen molar-refractivity contribution in [1.82, 2.24) is 20.9 Å². The van der Waals surface area contributed by atoms with Gasteiger partial charge in [0.05, 0.1) is 6.04 Å². The molecule has 0 aliphatic carbocycles. The van der Waals surface area contributed by atoms with Gasteiger partial charge in [0.1, 0.15) is 0 Å². The van der Waals surface area contributed by atoms with Crippen molar-refractivity contribution in [3.63, 3.8) is 0 Å². The first-order valence-corrected chi connectivity index (χ1v) is 6.70. The van der Waals surface area contributed by atoms with Gasteiger partial charge in [-0.15, -0.1) is 0 Å². The molecule has 0 bridgehead atoms. The summed E-state index contributed by atoms with van der Waals surface area (Å²) in [4.78, 5) is 24.6. The summed E-state index contributed by atoms with van der Waals surface area (Å²) in [6.45, 7) is 8.89. The maximum Gasteiger partial charge on any atom is 0.316 e. The van der Waals surface area contributed by atoms with Crippen LogP contribution in [-0.2, 0) is 4.79 Å². The van der Waals surface area contributed by atoms with Crippen LogP contribution >= 0.6 is 0 Å². The molecule has 0 aromatic carbocycles. The van der Waals surface area contributed by atoms with E-state index in [1.54, 1.807) is 14.1 Å². The molecule has 19 heavy (non-hydrogen) atoms. The summed E-state index contributed by atoms with van der Waals surface area (Å²) < 4.78 is 0. The molecule has 0 spiro atoms. The number of carbonyl (C=O) groups is 2. The van der Waals surface area contributed by atoms with Crippen LogP contribution in [-0.4, -0.2) is 55.6 Å². The summed E-state index contributed by atoms with van der Waals surface area (Å²) in [6, 6.07) is -0.409. The van der Waals surface area contributed by atoms with Crippen molar-refractivity contribution in [3.8, 4) is 0 Å². The average molecular weight is 272 g/mol. The lowest BCUT2D eigenvalue weighted by atomic mass is 10.0. The molecule has 0 aliphatic heterocycles. The first-order chi connectivity index (χ1) is 8.69. The Morgan fingerprint density at radius 2 is 1.79 bits per heavy atom. The van der Waals surface area contributed by atoms with E-state index in [1.807, 2.05) is 27.7 Å². The largest absolute Gasteiger partial charge is 0.350 e. The number of nitrogens with one attached hydrogen (secondary N) is 3. The van der Waals surface area contributed by atoms with Gasteiger partial charge in [0.25, 0.3) is 0 Å². The minimum Gasteiger partial charge on any atom is -0.350 e. The maximum absolute atomic E-state index is 11.9. The van der Waals surface area contributed by atoms with Crippen LogP contribution < -0.4 is 16.0 Å². The van der Waals surface area contributed by atoms with Gasteiger partial charge in [-0.1, -0.05) is 6.92 Å². The van der Waals surface area contributed by atoms with E-state index in [4.69, 9.17) is 0 Å². The summed E-state index contributed by atoms with van der Waals surface area (Å²) in [5.74, 6) is -0.0224. The molecular formula is C13H28N4O2. The van der Waals surface area contributed by atoms with E-state index in [-0.39, 0.29) is 23.5 Å². The molecule has 1 unspecified atom stereocenters.